The van der Waals surface area contributed by atoms with Crippen LogP contribution in [0.3, 0.4) is 0 Å². The Kier molecular flexibility index (Phi) is 3.84. The van der Waals surface area contributed by atoms with E-state index in [9.17, 15) is 0 Å². The number of hydrogen-bond acceptors (Lipinski definition) is 6. The second-order valence-electron chi connectivity index (χ2n) is 5.71. The molecule has 1 N–H and O–H groups in total. The van der Waals surface area contributed by atoms with E-state index in [0.29, 0.717) is 0 Å². The van der Waals surface area contributed by atoms with Crippen molar-refractivity contribution >= 4 is 54.9 Å². The Morgan fingerprint density at radius 3 is 2.95 bits per heavy atom. The van der Waals surface area contributed by atoms with Gasteiger partial charge < -0.3 is 5.32 Å². The van der Waals surface area contributed by atoms with Crippen molar-refractivity contribution in [2.45, 2.75) is 31.1 Å². The molecule has 0 aliphatic heterocycles. The molecule has 4 rings (SSSR count). The molecule has 3 nitrogen and oxygen atoms in total. The zero-order chi connectivity index (χ0) is 15.1. The second-order valence-corrected chi connectivity index (χ2v) is 8.71. The minimum atomic E-state index is 0.785. The van der Waals surface area contributed by atoms with Crippen LogP contribution in [0, 0.1) is 5.92 Å². The van der Waals surface area contributed by atoms with Gasteiger partial charge in [0.25, 0.3) is 0 Å². The fraction of sp³-hybridized carbons (Fsp3) is 0.375. The van der Waals surface area contributed by atoms with Gasteiger partial charge in [-0.15, -0.1) is 23.1 Å². The molecule has 0 radical (unpaired) electrons. The molecular formula is C16H17N3S3. The Balaban J connectivity index is 1.60. The minimum Gasteiger partial charge on any atom is -0.307 e. The van der Waals surface area contributed by atoms with Gasteiger partial charge in [0.1, 0.15) is 0 Å². The number of benzene rings is 1. The number of anilines is 2. The van der Waals surface area contributed by atoms with Crippen molar-refractivity contribution in [3.8, 4) is 0 Å². The lowest BCUT2D eigenvalue weighted by Crippen LogP contribution is -2.09. The van der Waals surface area contributed by atoms with E-state index < -0.39 is 0 Å². The highest BCUT2D eigenvalue weighted by Crippen LogP contribution is 2.35. The van der Waals surface area contributed by atoms with E-state index in [1.54, 1.807) is 34.4 Å². The van der Waals surface area contributed by atoms with Gasteiger partial charge in [0.15, 0.2) is 10.3 Å². The molecule has 1 aromatic carbocycles. The third-order valence-corrected chi connectivity index (χ3v) is 6.69. The molecule has 0 amide bonds. The lowest BCUT2D eigenvalue weighted by Gasteiger charge is -2.15. The van der Waals surface area contributed by atoms with Crippen LogP contribution in [0.15, 0.2) is 23.1 Å². The summed E-state index contributed by atoms with van der Waals surface area (Å²) in [6.07, 6.45) is 5.65. The van der Waals surface area contributed by atoms with E-state index in [1.165, 1.54) is 33.0 Å². The summed E-state index contributed by atoms with van der Waals surface area (Å²) < 4.78 is 1.23. The molecule has 3 aromatic rings. The molecule has 22 heavy (non-hydrogen) atoms. The van der Waals surface area contributed by atoms with E-state index >= 15 is 0 Å². The van der Waals surface area contributed by atoms with E-state index in [0.717, 1.165) is 28.1 Å². The topological polar surface area (TPSA) is 37.8 Å². The van der Waals surface area contributed by atoms with Gasteiger partial charge in [-0.1, -0.05) is 18.3 Å². The fourth-order valence-corrected chi connectivity index (χ4v) is 5.42. The van der Waals surface area contributed by atoms with Crippen LogP contribution in [-0.2, 0) is 12.8 Å². The molecule has 0 spiro atoms. The van der Waals surface area contributed by atoms with E-state index in [-0.39, 0.29) is 0 Å². The van der Waals surface area contributed by atoms with Crippen molar-refractivity contribution in [1.82, 2.24) is 9.97 Å². The number of thiazole rings is 2. The van der Waals surface area contributed by atoms with Crippen molar-refractivity contribution in [2.75, 3.05) is 11.6 Å². The van der Waals surface area contributed by atoms with Crippen LogP contribution in [0.2, 0.25) is 0 Å². The Hall–Kier alpha value is -1.11. The number of aromatic nitrogens is 2. The summed E-state index contributed by atoms with van der Waals surface area (Å²) in [5, 5.41) is 5.34. The summed E-state index contributed by atoms with van der Waals surface area (Å²) in [5.74, 6) is 0.785. The van der Waals surface area contributed by atoms with Gasteiger partial charge in [-0.05, 0) is 49.6 Å². The number of nitrogens with one attached hydrogen (secondary N) is 1. The zero-order valence-electron chi connectivity index (χ0n) is 12.5. The van der Waals surface area contributed by atoms with Gasteiger partial charge in [-0.25, -0.2) is 9.97 Å². The average Bonchev–Trinajstić information content (AvgIpc) is 3.08. The van der Waals surface area contributed by atoms with Gasteiger partial charge in [0, 0.05) is 9.77 Å². The lowest BCUT2D eigenvalue weighted by atomic mass is 9.93. The van der Waals surface area contributed by atoms with Crippen molar-refractivity contribution in [3.05, 3.63) is 28.8 Å². The SMILES string of the molecule is CSc1ccc2nc(Nc3nc4c(s3)CC(C)CC4)sc2c1. The Labute approximate surface area is 142 Å². The van der Waals surface area contributed by atoms with E-state index in [2.05, 4.69) is 41.7 Å². The first-order valence-corrected chi connectivity index (χ1v) is 10.3. The number of fused-ring (bicyclic) bond motifs is 2. The average molecular weight is 348 g/mol. The van der Waals surface area contributed by atoms with Crippen molar-refractivity contribution in [2.24, 2.45) is 5.92 Å². The number of thioether (sulfide) groups is 1. The maximum atomic E-state index is 4.75. The highest BCUT2D eigenvalue weighted by Gasteiger charge is 2.20. The summed E-state index contributed by atoms with van der Waals surface area (Å²) in [6.45, 7) is 2.33. The predicted molar refractivity (Wildman–Crippen MR) is 98.0 cm³/mol. The first-order chi connectivity index (χ1) is 10.7. The third-order valence-electron chi connectivity index (χ3n) is 4.00. The maximum absolute atomic E-state index is 4.75. The molecule has 1 unspecified atom stereocenters. The molecule has 1 aliphatic carbocycles. The Morgan fingerprint density at radius 1 is 1.23 bits per heavy atom. The van der Waals surface area contributed by atoms with Gasteiger partial charge in [-0.3, -0.25) is 0 Å². The molecule has 2 heterocycles. The van der Waals surface area contributed by atoms with Crippen LogP contribution in [0.1, 0.15) is 23.9 Å². The Morgan fingerprint density at radius 2 is 2.09 bits per heavy atom. The Bertz CT molecular complexity index is 821. The van der Waals surface area contributed by atoms with Crippen LogP contribution in [-0.4, -0.2) is 16.2 Å². The van der Waals surface area contributed by atoms with Crippen LogP contribution in [0.5, 0.6) is 0 Å². The summed E-state index contributed by atoms with van der Waals surface area (Å²) >= 11 is 5.25. The van der Waals surface area contributed by atoms with Crippen LogP contribution < -0.4 is 5.32 Å². The first-order valence-electron chi connectivity index (χ1n) is 7.41. The van der Waals surface area contributed by atoms with Crippen LogP contribution >= 0.6 is 34.4 Å². The first kappa shape index (κ1) is 14.5. The summed E-state index contributed by atoms with van der Waals surface area (Å²) in [5.41, 5.74) is 2.34. The molecule has 0 saturated carbocycles. The molecule has 0 fully saturated rings. The predicted octanol–water partition coefficient (Wildman–Crippen LogP) is 5.34. The summed E-state index contributed by atoms with van der Waals surface area (Å²) in [4.78, 5) is 12.2. The maximum Gasteiger partial charge on any atom is 0.190 e. The van der Waals surface area contributed by atoms with Gasteiger partial charge in [0.2, 0.25) is 0 Å². The van der Waals surface area contributed by atoms with Gasteiger partial charge in [0.05, 0.1) is 15.9 Å². The lowest BCUT2D eigenvalue weighted by molar-refractivity contribution is 0.502. The van der Waals surface area contributed by atoms with E-state index in [4.69, 9.17) is 4.98 Å². The molecule has 0 saturated heterocycles. The smallest absolute Gasteiger partial charge is 0.190 e. The fourth-order valence-electron chi connectivity index (χ4n) is 2.77. The monoisotopic (exact) mass is 347 g/mol. The third kappa shape index (κ3) is 2.75. The number of nitrogens with zero attached hydrogens (tertiary/aromatic N) is 2. The molecule has 2 aromatic heterocycles. The van der Waals surface area contributed by atoms with Gasteiger partial charge >= 0.3 is 0 Å². The summed E-state index contributed by atoms with van der Waals surface area (Å²) in [7, 11) is 0. The molecular weight excluding hydrogens is 330 g/mol. The van der Waals surface area contributed by atoms with Crippen molar-refractivity contribution in [3.63, 3.8) is 0 Å². The van der Waals surface area contributed by atoms with Crippen LogP contribution in [0.25, 0.3) is 10.2 Å². The van der Waals surface area contributed by atoms with Crippen molar-refractivity contribution < 1.29 is 0 Å². The van der Waals surface area contributed by atoms with Gasteiger partial charge in [-0.2, -0.15) is 0 Å². The normalized spacial score (nSPS) is 17.6. The molecule has 1 atom stereocenters. The number of rotatable bonds is 3. The molecule has 1 aliphatic rings. The highest BCUT2D eigenvalue weighted by atomic mass is 32.2. The van der Waals surface area contributed by atoms with Crippen molar-refractivity contribution in [1.29, 1.82) is 0 Å². The largest absolute Gasteiger partial charge is 0.307 e. The summed E-state index contributed by atoms with van der Waals surface area (Å²) in [6, 6.07) is 6.43. The zero-order valence-corrected chi connectivity index (χ0v) is 15.0. The number of aryl methyl sites for hydroxylation is 1. The minimum absolute atomic E-state index is 0.785. The molecule has 114 valence electrons. The molecule has 0 bridgehead atoms. The van der Waals surface area contributed by atoms with E-state index in [1.807, 2.05) is 0 Å². The van der Waals surface area contributed by atoms with Crippen LogP contribution in [0.4, 0.5) is 10.3 Å². The number of hydrogen-bond donors (Lipinski definition) is 1. The molecule has 6 heteroatoms. The highest BCUT2D eigenvalue weighted by molar-refractivity contribution is 7.98. The standard InChI is InChI=1S/C16H17N3S3/c1-9-3-5-11-13(7-9)21-15(17-11)19-16-18-12-6-4-10(20-2)8-14(12)22-16/h4,6,8-9H,3,5,7H2,1-2H3,(H,17,18,19). The second kappa shape index (κ2) is 5.83. The quantitative estimate of drug-likeness (QED) is 0.649.